The molecule has 6 atom stereocenters. The molecule has 192 valence electrons. The normalized spacial score (nSPS) is 27.9. The molecule has 37 heavy (non-hydrogen) atoms. The minimum absolute atomic E-state index is 0.00736. The SMILES string of the molecule is O=C(CN(C(=O)c1ccc(Cl)cc1Cl)N1C(=O)[C@@H]2[C@H]3C[C@@H]([C@H](Br)[C@H]3Br)[C@H]2C1=O)c1ccc([N+](=O)[O-])cc1. The summed E-state index contributed by atoms with van der Waals surface area (Å²) in [5.41, 5.74) is -0.176. The number of non-ortho nitro benzene ring substituents is 1. The fourth-order valence-corrected chi connectivity index (χ4v) is 7.97. The fraction of sp³-hybridized carbons (Fsp3) is 0.333. The summed E-state index contributed by atoms with van der Waals surface area (Å²) in [5, 5.41) is 12.9. The topological polar surface area (TPSA) is 118 Å². The van der Waals surface area contributed by atoms with Crippen LogP contribution < -0.4 is 0 Å². The Labute approximate surface area is 237 Å². The number of Topliss-reactive ketones (excluding diaryl/α,β-unsaturated/α-hetero) is 1. The first-order chi connectivity index (χ1) is 17.5. The van der Waals surface area contributed by atoms with Crippen molar-refractivity contribution in [3.63, 3.8) is 0 Å². The molecule has 0 unspecified atom stereocenters. The molecule has 1 saturated heterocycles. The molecule has 2 aliphatic carbocycles. The Kier molecular flexibility index (Phi) is 6.93. The number of rotatable bonds is 6. The Morgan fingerprint density at radius 2 is 1.57 bits per heavy atom. The molecule has 3 fully saturated rings. The number of hydrogen-bond donors (Lipinski definition) is 0. The number of imide groups is 1. The third kappa shape index (κ3) is 4.29. The van der Waals surface area contributed by atoms with Crippen molar-refractivity contribution in [2.24, 2.45) is 23.7 Å². The second-order valence-corrected chi connectivity index (χ2v) is 12.2. The first kappa shape index (κ1) is 26.3. The van der Waals surface area contributed by atoms with Crippen molar-refractivity contribution >= 4 is 84.3 Å². The van der Waals surface area contributed by atoms with Gasteiger partial charge in [0.1, 0.15) is 6.54 Å². The molecule has 0 aromatic heterocycles. The molecular formula is C24H17Br2Cl2N3O6. The van der Waals surface area contributed by atoms with Gasteiger partial charge in [-0.15, -0.1) is 0 Å². The largest absolute Gasteiger partial charge is 0.292 e. The first-order valence-corrected chi connectivity index (χ1v) is 13.8. The van der Waals surface area contributed by atoms with Crippen LogP contribution in [0.3, 0.4) is 0 Å². The molecule has 2 aromatic rings. The summed E-state index contributed by atoms with van der Waals surface area (Å²) < 4.78 is 0. The number of nitro groups is 1. The summed E-state index contributed by atoms with van der Waals surface area (Å²) in [6.45, 7) is -0.655. The van der Waals surface area contributed by atoms with Gasteiger partial charge in [0.2, 0.25) is 0 Å². The number of carbonyl (C=O) groups excluding carboxylic acids is 4. The van der Waals surface area contributed by atoms with E-state index in [0.29, 0.717) is 6.42 Å². The smallest absolute Gasteiger partial charge is 0.274 e. The zero-order valence-corrected chi connectivity index (χ0v) is 23.4. The number of halogens is 4. The minimum atomic E-state index is -0.822. The number of alkyl halides is 2. The number of carbonyl (C=O) groups is 4. The van der Waals surface area contributed by atoms with Gasteiger partial charge in [-0.05, 0) is 48.6 Å². The van der Waals surface area contributed by atoms with Gasteiger partial charge in [0.15, 0.2) is 5.78 Å². The molecule has 1 heterocycles. The van der Waals surface area contributed by atoms with Gasteiger partial charge < -0.3 is 0 Å². The Bertz CT molecular complexity index is 1320. The molecule has 13 heteroatoms. The summed E-state index contributed by atoms with van der Waals surface area (Å²) in [6.07, 6.45) is 0.700. The van der Waals surface area contributed by atoms with Crippen molar-refractivity contribution in [3.05, 3.63) is 73.8 Å². The van der Waals surface area contributed by atoms with Gasteiger partial charge in [0.25, 0.3) is 23.4 Å². The number of amides is 3. The molecule has 3 aliphatic rings. The second-order valence-electron chi connectivity index (χ2n) is 9.21. The standard InChI is InChI=1S/C24H17Br2Cl2N3O6/c25-20-14-8-15(21(20)26)19-18(14)23(34)30(24(19)35)29(22(33)13-6-3-11(27)7-16(13)28)9-17(32)10-1-4-12(5-2-10)31(36)37/h1-7,14-15,18-21H,8-9H2/t14-,15-,18-,19-,20+,21+/m1/s1. The first-order valence-electron chi connectivity index (χ1n) is 11.2. The van der Waals surface area contributed by atoms with Crippen LogP contribution >= 0.6 is 55.1 Å². The summed E-state index contributed by atoms with van der Waals surface area (Å²) in [5.74, 6) is -3.93. The van der Waals surface area contributed by atoms with Crippen molar-refractivity contribution in [1.82, 2.24) is 10.0 Å². The van der Waals surface area contributed by atoms with Crippen LogP contribution in [0.15, 0.2) is 42.5 Å². The molecule has 2 bridgehead atoms. The number of nitro benzene ring substituents is 1. The number of fused-ring (bicyclic) bond motifs is 5. The Morgan fingerprint density at radius 3 is 2.08 bits per heavy atom. The van der Waals surface area contributed by atoms with Crippen molar-refractivity contribution in [2.75, 3.05) is 6.54 Å². The Hall–Kier alpha value is -2.34. The zero-order chi connectivity index (χ0) is 26.8. The minimum Gasteiger partial charge on any atom is -0.292 e. The number of nitrogens with zero attached hydrogens (tertiary/aromatic N) is 3. The van der Waals surface area contributed by atoms with Gasteiger partial charge in [-0.1, -0.05) is 55.1 Å². The predicted octanol–water partition coefficient (Wildman–Crippen LogP) is 4.92. The van der Waals surface area contributed by atoms with E-state index in [-0.39, 0.29) is 48.3 Å². The Morgan fingerprint density at radius 1 is 1.00 bits per heavy atom. The van der Waals surface area contributed by atoms with E-state index in [9.17, 15) is 29.3 Å². The molecule has 3 amide bonds. The number of ketones is 1. The lowest BCUT2D eigenvalue weighted by Crippen LogP contribution is -2.52. The molecule has 0 spiro atoms. The van der Waals surface area contributed by atoms with Gasteiger partial charge in [0.05, 0.1) is 27.3 Å². The summed E-state index contributed by atoms with van der Waals surface area (Å²) in [7, 11) is 0. The monoisotopic (exact) mass is 671 g/mol. The van der Waals surface area contributed by atoms with Crippen LogP contribution in [0, 0.1) is 33.8 Å². The van der Waals surface area contributed by atoms with Gasteiger partial charge in [0, 0.05) is 32.4 Å². The van der Waals surface area contributed by atoms with Gasteiger partial charge >= 0.3 is 0 Å². The van der Waals surface area contributed by atoms with Crippen LogP contribution in [0.4, 0.5) is 5.69 Å². The molecule has 5 rings (SSSR count). The average Bonchev–Trinajstić information content (AvgIpc) is 3.47. The molecule has 1 aliphatic heterocycles. The van der Waals surface area contributed by atoms with Crippen molar-refractivity contribution in [2.45, 2.75) is 16.1 Å². The highest BCUT2D eigenvalue weighted by molar-refractivity contribution is 9.12. The van der Waals surface area contributed by atoms with E-state index in [1.54, 1.807) is 0 Å². The van der Waals surface area contributed by atoms with Crippen molar-refractivity contribution < 1.29 is 24.1 Å². The van der Waals surface area contributed by atoms with Crippen LogP contribution in [0.5, 0.6) is 0 Å². The van der Waals surface area contributed by atoms with Crippen LogP contribution in [0.2, 0.25) is 10.0 Å². The van der Waals surface area contributed by atoms with Crippen LogP contribution in [-0.4, -0.2) is 54.6 Å². The lowest BCUT2D eigenvalue weighted by Gasteiger charge is -2.31. The summed E-state index contributed by atoms with van der Waals surface area (Å²) in [4.78, 5) is 64.5. The lowest BCUT2D eigenvalue weighted by molar-refractivity contribution is -0.384. The van der Waals surface area contributed by atoms with Crippen molar-refractivity contribution in [3.8, 4) is 0 Å². The van der Waals surface area contributed by atoms with E-state index >= 15 is 0 Å². The van der Waals surface area contributed by atoms with E-state index in [1.807, 2.05) is 0 Å². The fourth-order valence-electron chi connectivity index (χ4n) is 5.60. The predicted molar refractivity (Wildman–Crippen MR) is 141 cm³/mol. The Balaban J connectivity index is 1.51. The third-order valence-corrected chi connectivity index (χ3v) is 11.0. The van der Waals surface area contributed by atoms with Gasteiger partial charge in [-0.25, -0.2) is 5.01 Å². The lowest BCUT2D eigenvalue weighted by atomic mass is 9.81. The van der Waals surface area contributed by atoms with E-state index < -0.39 is 46.8 Å². The third-order valence-electron chi connectivity index (χ3n) is 7.29. The molecule has 2 saturated carbocycles. The van der Waals surface area contributed by atoms with Crippen LogP contribution in [0.25, 0.3) is 0 Å². The quantitative estimate of drug-likeness (QED) is 0.141. The van der Waals surface area contributed by atoms with Crippen molar-refractivity contribution in [1.29, 1.82) is 0 Å². The van der Waals surface area contributed by atoms with E-state index in [4.69, 9.17) is 23.2 Å². The number of benzene rings is 2. The number of hydrogen-bond acceptors (Lipinski definition) is 6. The number of hydrazine groups is 1. The highest BCUT2D eigenvalue weighted by Crippen LogP contribution is 2.60. The highest BCUT2D eigenvalue weighted by Gasteiger charge is 2.67. The van der Waals surface area contributed by atoms with E-state index in [1.165, 1.54) is 30.3 Å². The maximum absolute atomic E-state index is 13.7. The van der Waals surface area contributed by atoms with E-state index in [0.717, 1.165) is 22.2 Å². The van der Waals surface area contributed by atoms with E-state index in [2.05, 4.69) is 31.9 Å². The summed E-state index contributed by atoms with van der Waals surface area (Å²) in [6, 6.07) is 8.98. The zero-order valence-electron chi connectivity index (χ0n) is 18.7. The molecular weight excluding hydrogens is 657 g/mol. The molecule has 0 radical (unpaired) electrons. The summed E-state index contributed by atoms with van der Waals surface area (Å²) >= 11 is 19.5. The molecule has 9 nitrogen and oxygen atoms in total. The maximum Gasteiger partial charge on any atom is 0.274 e. The molecule has 2 aromatic carbocycles. The highest BCUT2D eigenvalue weighted by atomic mass is 79.9. The maximum atomic E-state index is 13.7. The van der Waals surface area contributed by atoms with Crippen LogP contribution in [-0.2, 0) is 9.59 Å². The van der Waals surface area contributed by atoms with Crippen LogP contribution in [0.1, 0.15) is 27.1 Å². The van der Waals surface area contributed by atoms with Gasteiger partial charge in [-0.3, -0.25) is 29.3 Å². The molecule has 0 N–H and O–H groups in total. The average molecular weight is 674 g/mol. The van der Waals surface area contributed by atoms with Gasteiger partial charge in [-0.2, -0.15) is 5.01 Å². The second kappa shape index (κ2) is 9.76.